The summed E-state index contributed by atoms with van der Waals surface area (Å²) in [5.41, 5.74) is 3.08. The molecule has 3 aromatic carbocycles. The van der Waals surface area contributed by atoms with E-state index in [0.717, 1.165) is 31.8 Å². The van der Waals surface area contributed by atoms with E-state index in [0.29, 0.717) is 0 Å². The van der Waals surface area contributed by atoms with Crippen LogP contribution in [0.25, 0.3) is 37.2 Å². The van der Waals surface area contributed by atoms with Crippen LogP contribution in [-0.4, -0.2) is 14.7 Å². The number of aromatic nitrogens is 2. The van der Waals surface area contributed by atoms with E-state index >= 15 is 0 Å². The predicted molar refractivity (Wildman–Crippen MR) is 95.6 cm³/mol. The highest BCUT2D eigenvalue weighted by Gasteiger charge is 2.15. The summed E-state index contributed by atoms with van der Waals surface area (Å²) in [6.45, 7) is 0. The van der Waals surface area contributed by atoms with Gasteiger partial charge in [-0.2, -0.15) is 0 Å². The molecule has 5 rings (SSSR count). The second-order valence-corrected chi connectivity index (χ2v) is 6.53. The van der Waals surface area contributed by atoms with Crippen LogP contribution < -0.4 is 0 Å². The van der Waals surface area contributed by atoms with Crippen molar-refractivity contribution in [1.82, 2.24) is 9.55 Å². The summed E-state index contributed by atoms with van der Waals surface area (Å²) in [7, 11) is 0. The minimum absolute atomic E-state index is 0.266. The SMILES string of the molecule is Oc1ccc2c3ccccc3n(-c3nc4ccccc4s3)c2c1. The van der Waals surface area contributed by atoms with Crippen molar-refractivity contribution in [2.24, 2.45) is 0 Å². The molecule has 0 atom stereocenters. The molecule has 0 bridgehead atoms. The van der Waals surface area contributed by atoms with E-state index < -0.39 is 0 Å². The van der Waals surface area contributed by atoms with Crippen LogP contribution in [0.2, 0.25) is 0 Å². The molecule has 0 aliphatic rings. The fourth-order valence-corrected chi connectivity index (χ4v) is 4.11. The lowest BCUT2D eigenvalue weighted by Gasteiger charge is -2.02. The van der Waals surface area contributed by atoms with Gasteiger partial charge in [0.2, 0.25) is 0 Å². The van der Waals surface area contributed by atoms with Gasteiger partial charge in [-0.05, 0) is 30.3 Å². The Balaban J connectivity index is 1.96. The van der Waals surface area contributed by atoms with Gasteiger partial charge in [0.25, 0.3) is 0 Å². The van der Waals surface area contributed by atoms with Gasteiger partial charge in [-0.1, -0.05) is 41.7 Å². The van der Waals surface area contributed by atoms with Crippen LogP contribution in [0, 0.1) is 0 Å². The number of hydrogen-bond acceptors (Lipinski definition) is 3. The first-order chi connectivity index (χ1) is 11.3. The molecule has 2 heterocycles. The molecule has 0 amide bonds. The number of phenols is 1. The number of phenolic OH excluding ortho intramolecular Hbond substituents is 1. The number of nitrogens with zero attached hydrogens (tertiary/aromatic N) is 2. The highest BCUT2D eigenvalue weighted by molar-refractivity contribution is 7.20. The summed E-state index contributed by atoms with van der Waals surface area (Å²) in [4.78, 5) is 4.78. The number of hydrogen-bond donors (Lipinski definition) is 1. The van der Waals surface area contributed by atoms with E-state index in [4.69, 9.17) is 4.98 Å². The van der Waals surface area contributed by atoms with Crippen LogP contribution in [0.4, 0.5) is 0 Å². The van der Waals surface area contributed by atoms with Crippen LogP contribution in [-0.2, 0) is 0 Å². The Morgan fingerprint density at radius 1 is 0.826 bits per heavy atom. The Kier molecular flexibility index (Phi) is 2.52. The molecule has 23 heavy (non-hydrogen) atoms. The molecule has 4 heteroatoms. The molecule has 0 unspecified atom stereocenters. The maximum Gasteiger partial charge on any atom is 0.195 e. The average molecular weight is 316 g/mol. The molecular weight excluding hydrogens is 304 g/mol. The maximum absolute atomic E-state index is 9.94. The summed E-state index contributed by atoms with van der Waals surface area (Å²) >= 11 is 1.66. The van der Waals surface area contributed by atoms with E-state index in [1.165, 1.54) is 5.39 Å². The quantitative estimate of drug-likeness (QED) is 0.467. The van der Waals surface area contributed by atoms with Crippen LogP contribution in [0.5, 0.6) is 5.75 Å². The van der Waals surface area contributed by atoms with Crippen LogP contribution in [0.1, 0.15) is 0 Å². The molecule has 0 saturated heterocycles. The first-order valence-electron chi connectivity index (χ1n) is 7.39. The van der Waals surface area contributed by atoms with E-state index in [1.807, 2.05) is 36.4 Å². The molecule has 0 spiro atoms. The third-order valence-electron chi connectivity index (χ3n) is 4.13. The van der Waals surface area contributed by atoms with E-state index in [2.05, 4.69) is 22.8 Å². The van der Waals surface area contributed by atoms with Crippen molar-refractivity contribution in [3.05, 3.63) is 66.7 Å². The highest BCUT2D eigenvalue weighted by Crippen LogP contribution is 2.36. The van der Waals surface area contributed by atoms with Crippen molar-refractivity contribution >= 4 is 43.4 Å². The molecule has 5 aromatic rings. The number of aromatic hydroxyl groups is 1. The first-order valence-corrected chi connectivity index (χ1v) is 8.21. The van der Waals surface area contributed by atoms with Crippen LogP contribution in [0.3, 0.4) is 0 Å². The normalized spacial score (nSPS) is 11.7. The van der Waals surface area contributed by atoms with Gasteiger partial charge in [0.1, 0.15) is 5.75 Å². The maximum atomic E-state index is 9.94. The number of benzene rings is 3. The zero-order chi connectivity index (χ0) is 15.4. The van der Waals surface area contributed by atoms with E-state index in [1.54, 1.807) is 23.5 Å². The molecule has 110 valence electrons. The summed E-state index contributed by atoms with van der Waals surface area (Å²) < 4.78 is 3.29. The minimum atomic E-state index is 0.266. The fourth-order valence-electron chi connectivity index (χ4n) is 3.12. The van der Waals surface area contributed by atoms with Crippen molar-refractivity contribution < 1.29 is 5.11 Å². The molecule has 0 saturated carbocycles. The largest absolute Gasteiger partial charge is 0.508 e. The van der Waals surface area contributed by atoms with Gasteiger partial charge >= 0.3 is 0 Å². The molecule has 0 aliphatic heterocycles. The van der Waals surface area contributed by atoms with Gasteiger partial charge in [-0.25, -0.2) is 4.98 Å². The Bertz CT molecular complexity index is 1150. The summed E-state index contributed by atoms with van der Waals surface area (Å²) in [5, 5.41) is 13.1. The third kappa shape index (κ3) is 1.79. The smallest absolute Gasteiger partial charge is 0.195 e. The monoisotopic (exact) mass is 316 g/mol. The van der Waals surface area contributed by atoms with Gasteiger partial charge < -0.3 is 5.11 Å². The Labute approximate surface area is 136 Å². The van der Waals surface area contributed by atoms with Gasteiger partial charge in [-0.3, -0.25) is 4.57 Å². The van der Waals surface area contributed by atoms with Gasteiger partial charge in [0.15, 0.2) is 5.13 Å². The lowest BCUT2D eigenvalue weighted by molar-refractivity contribution is 0.476. The standard InChI is InChI=1S/C19H12N2OS/c22-12-9-10-14-13-5-1-3-7-16(13)21(17(14)11-12)19-20-15-6-2-4-8-18(15)23-19/h1-11,22H. The second kappa shape index (κ2) is 4.57. The van der Waals surface area contributed by atoms with Gasteiger partial charge in [0.05, 0.1) is 21.3 Å². The van der Waals surface area contributed by atoms with Crippen LogP contribution in [0.15, 0.2) is 66.7 Å². The zero-order valence-electron chi connectivity index (χ0n) is 12.1. The summed E-state index contributed by atoms with van der Waals surface area (Å²) in [6, 6.07) is 21.9. The molecular formula is C19H12N2OS. The fraction of sp³-hybridized carbons (Fsp3) is 0. The number of thiazole rings is 1. The lowest BCUT2D eigenvalue weighted by atomic mass is 10.1. The number of para-hydroxylation sites is 2. The second-order valence-electron chi connectivity index (χ2n) is 5.52. The Hall–Kier alpha value is -2.85. The average Bonchev–Trinajstić information content (AvgIpc) is 3.12. The first kappa shape index (κ1) is 12.7. The molecule has 3 nitrogen and oxygen atoms in total. The molecule has 0 radical (unpaired) electrons. The van der Waals surface area contributed by atoms with Crippen molar-refractivity contribution in [2.75, 3.05) is 0 Å². The van der Waals surface area contributed by atoms with Crippen molar-refractivity contribution in [2.45, 2.75) is 0 Å². The van der Waals surface area contributed by atoms with Crippen molar-refractivity contribution in [3.63, 3.8) is 0 Å². The summed E-state index contributed by atoms with van der Waals surface area (Å²) in [5.74, 6) is 0.266. The molecule has 0 fully saturated rings. The zero-order valence-corrected chi connectivity index (χ0v) is 12.9. The highest BCUT2D eigenvalue weighted by atomic mass is 32.1. The van der Waals surface area contributed by atoms with Crippen molar-refractivity contribution in [3.8, 4) is 10.9 Å². The molecule has 1 N–H and O–H groups in total. The Morgan fingerprint density at radius 2 is 1.61 bits per heavy atom. The lowest BCUT2D eigenvalue weighted by Crippen LogP contribution is -1.92. The number of rotatable bonds is 1. The topological polar surface area (TPSA) is 38.0 Å². The predicted octanol–water partition coefficient (Wildman–Crippen LogP) is 5.10. The summed E-state index contributed by atoms with van der Waals surface area (Å²) in [6.07, 6.45) is 0. The van der Waals surface area contributed by atoms with Gasteiger partial charge in [-0.15, -0.1) is 0 Å². The number of fused-ring (bicyclic) bond motifs is 4. The third-order valence-corrected chi connectivity index (χ3v) is 5.15. The Morgan fingerprint density at radius 3 is 2.52 bits per heavy atom. The van der Waals surface area contributed by atoms with Crippen LogP contribution >= 0.6 is 11.3 Å². The van der Waals surface area contributed by atoms with E-state index in [-0.39, 0.29) is 5.75 Å². The minimum Gasteiger partial charge on any atom is -0.508 e. The van der Waals surface area contributed by atoms with E-state index in [9.17, 15) is 5.11 Å². The van der Waals surface area contributed by atoms with Gasteiger partial charge in [0, 0.05) is 16.8 Å². The molecule has 2 aromatic heterocycles. The molecule has 0 aliphatic carbocycles. The van der Waals surface area contributed by atoms with Crippen molar-refractivity contribution in [1.29, 1.82) is 0 Å².